The first-order valence-corrected chi connectivity index (χ1v) is 11.5. The van der Waals surface area contributed by atoms with E-state index in [1.807, 2.05) is 13.0 Å². The summed E-state index contributed by atoms with van der Waals surface area (Å²) in [6.45, 7) is 2.03. The number of ether oxygens (including phenoxy) is 2. The Bertz CT molecular complexity index is 1120. The van der Waals surface area contributed by atoms with Crippen LogP contribution in [0.5, 0.6) is 11.5 Å². The van der Waals surface area contributed by atoms with Gasteiger partial charge < -0.3 is 29.8 Å². The summed E-state index contributed by atoms with van der Waals surface area (Å²) < 4.78 is 12.1. The molecule has 3 rings (SSSR count). The third-order valence-electron chi connectivity index (χ3n) is 4.93. The van der Waals surface area contributed by atoms with Crippen molar-refractivity contribution in [3.05, 3.63) is 59.9 Å². The van der Waals surface area contributed by atoms with Crippen LogP contribution in [-0.4, -0.2) is 58.3 Å². The lowest BCUT2D eigenvalue weighted by Gasteiger charge is -2.17. The van der Waals surface area contributed by atoms with E-state index >= 15 is 0 Å². The molecule has 0 radical (unpaired) electrons. The van der Waals surface area contributed by atoms with Gasteiger partial charge in [-0.1, -0.05) is 23.9 Å². The Balaban J connectivity index is 1.66. The summed E-state index contributed by atoms with van der Waals surface area (Å²) in [5, 5.41) is 24.3. The number of anilines is 1. The largest absolute Gasteiger partial charge is 0.497 e. The highest BCUT2D eigenvalue weighted by molar-refractivity contribution is 7.99. The fourth-order valence-electron chi connectivity index (χ4n) is 3.20. The Morgan fingerprint density at radius 3 is 2.47 bits per heavy atom. The smallest absolute Gasteiger partial charge is 0.251 e. The number of methoxy groups -OCH3 is 2. The summed E-state index contributed by atoms with van der Waals surface area (Å²) in [5.41, 5.74) is 0.999. The number of carbonyl (C=O) groups is 2. The molecule has 0 aliphatic heterocycles. The van der Waals surface area contributed by atoms with Gasteiger partial charge in [0.2, 0.25) is 5.91 Å². The molecule has 11 heteroatoms. The third kappa shape index (κ3) is 6.06. The molecule has 1 heterocycles. The van der Waals surface area contributed by atoms with Gasteiger partial charge in [-0.3, -0.25) is 9.59 Å². The molecule has 1 atom stereocenters. The SMILES string of the molecule is CCn1c(SCC(=O)Nc2ccccc2OC)nnc1[C@@H](CO)NC(=O)c1ccc(OC)cc1. The molecule has 2 amide bonds. The van der Waals surface area contributed by atoms with E-state index in [0.717, 1.165) is 0 Å². The predicted octanol–water partition coefficient (Wildman–Crippen LogP) is 2.51. The molecule has 34 heavy (non-hydrogen) atoms. The maximum atomic E-state index is 12.6. The van der Waals surface area contributed by atoms with Gasteiger partial charge in [-0.2, -0.15) is 0 Å². The lowest BCUT2D eigenvalue weighted by atomic mass is 10.2. The van der Waals surface area contributed by atoms with Crippen molar-refractivity contribution >= 4 is 29.3 Å². The van der Waals surface area contributed by atoms with Crippen molar-refractivity contribution in [2.45, 2.75) is 24.7 Å². The number of rotatable bonds is 11. The van der Waals surface area contributed by atoms with Crippen LogP contribution in [0.4, 0.5) is 5.69 Å². The monoisotopic (exact) mass is 485 g/mol. The number of hydrogen-bond acceptors (Lipinski definition) is 8. The molecule has 3 aromatic rings. The minimum atomic E-state index is -0.765. The van der Waals surface area contributed by atoms with Gasteiger partial charge in [-0.25, -0.2) is 0 Å². The fourth-order valence-corrected chi connectivity index (χ4v) is 4.01. The van der Waals surface area contributed by atoms with E-state index in [1.165, 1.54) is 18.9 Å². The Morgan fingerprint density at radius 2 is 1.82 bits per heavy atom. The molecule has 0 aliphatic rings. The van der Waals surface area contributed by atoms with E-state index in [9.17, 15) is 14.7 Å². The standard InChI is InChI=1S/C23H27N5O5S/c1-4-28-21(18(13-29)25-22(31)15-9-11-16(32-2)12-10-15)26-27-23(28)34-14-20(30)24-17-7-5-6-8-19(17)33-3/h5-12,18,29H,4,13-14H2,1-3H3,(H,24,30)(H,25,31)/t18-/m1/s1. The first-order valence-electron chi connectivity index (χ1n) is 10.5. The number of aliphatic hydroxyl groups excluding tert-OH is 1. The number of amides is 2. The number of nitrogens with zero attached hydrogens (tertiary/aromatic N) is 3. The van der Waals surface area contributed by atoms with Crippen LogP contribution < -0.4 is 20.1 Å². The van der Waals surface area contributed by atoms with Gasteiger partial charge in [0.1, 0.15) is 17.5 Å². The molecule has 0 saturated carbocycles. The van der Waals surface area contributed by atoms with Crippen LogP contribution in [0.2, 0.25) is 0 Å². The second-order valence-electron chi connectivity index (χ2n) is 7.06. The van der Waals surface area contributed by atoms with Gasteiger partial charge in [-0.15, -0.1) is 10.2 Å². The van der Waals surface area contributed by atoms with Crippen LogP contribution in [0, 0.1) is 0 Å². The van der Waals surface area contributed by atoms with E-state index in [-0.39, 0.29) is 24.2 Å². The van der Waals surface area contributed by atoms with Crippen LogP contribution in [0.1, 0.15) is 29.1 Å². The number of hydrogen-bond donors (Lipinski definition) is 3. The zero-order valence-corrected chi connectivity index (χ0v) is 20.0. The van der Waals surface area contributed by atoms with Gasteiger partial charge in [-0.05, 0) is 43.3 Å². The van der Waals surface area contributed by atoms with Gasteiger partial charge in [0.05, 0.1) is 32.3 Å². The normalized spacial score (nSPS) is 11.5. The Kier molecular flexibility index (Phi) is 8.88. The first kappa shape index (κ1) is 25.1. The van der Waals surface area contributed by atoms with E-state index in [2.05, 4.69) is 20.8 Å². The highest BCUT2D eigenvalue weighted by Crippen LogP contribution is 2.25. The molecule has 0 unspecified atom stereocenters. The highest BCUT2D eigenvalue weighted by atomic mass is 32.2. The van der Waals surface area contributed by atoms with Crippen molar-refractivity contribution in [1.29, 1.82) is 0 Å². The molecule has 0 aliphatic carbocycles. The molecule has 0 saturated heterocycles. The van der Waals surface area contributed by atoms with E-state index in [4.69, 9.17) is 9.47 Å². The number of nitrogens with one attached hydrogen (secondary N) is 2. The molecule has 180 valence electrons. The maximum Gasteiger partial charge on any atom is 0.251 e. The Morgan fingerprint density at radius 1 is 1.09 bits per heavy atom. The lowest BCUT2D eigenvalue weighted by molar-refractivity contribution is -0.113. The van der Waals surface area contributed by atoms with Crippen molar-refractivity contribution in [1.82, 2.24) is 20.1 Å². The molecule has 1 aromatic heterocycles. The minimum absolute atomic E-state index is 0.0954. The highest BCUT2D eigenvalue weighted by Gasteiger charge is 2.23. The van der Waals surface area contributed by atoms with Crippen molar-refractivity contribution in [3.63, 3.8) is 0 Å². The van der Waals surface area contributed by atoms with Crippen LogP contribution >= 0.6 is 11.8 Å². The number of carbonyl (C=O) groups excluding carboxylic acids is 2. The Hall–Kier alpha value is -3.57. The molecular formula is C23H27N5O5S. The summed E-state index contributed by atoms with van der Waals surface area (Å²) >= 11 is 1.21. The van der Waals surface area contributed by atoms with Gasteiger partial charge in [0.15, 0.2) is 11.0 Å². The fraction of sp³-hybridized carbons (Fsp3) is 0.304. The van der Waals surface area contributed by atoms with E-state index in [0.29, 0.717) is 40.3 Å². The average molecular weight is 486 g/mol. The first-order chi connectivity index (χ1) is 16.5. The number of aromatic nitrogens is 3. The number of para-hydroxylation sites is 2. The van der Waals surface area contributed by atoms with Crippen LogP contribution in [0.15, 0.2) is 53.7 Å². The topological polar surface area (TPSA) is 128 Å². The molecule has 2 aromatic carbocycles. The average Bonchev–Trinajstić information content (AvgIpc) is 3.29. The van der Waals surface area contributed by atoms with Crippen LogP contribution in [0.3, 0.4) is 0 Å². The van der Waals surface area contributed by atoms with Crippen molar-refractivity contribution in [2.75, 3.05) is 31.9 Å². The summed E-state index contributed by atoms with van der Waals surface area (Å²) in [5.74, 6) is 1.11. The second kappa shape index (κ2) is 12.1. The molecule has 0 fully saturated rings. The zero-order chi connectivity index (χ0) is 24.5. The quantitative estimate of drug-likeness (QED) is 0.354. The third-order valence-corrected chi connectivity index (χ3v) is 5.89. The van der Waals surface area contributed by atoms with Crippen molar-refractivity contribution < 1.29 is 24.2 Å². The number of thioether (sulfide) groups is 1. The van der Waals surface area contributed by atoms with Gasteiger partial charge >= 0.3 is 0 Å². The van der Waals surface area contributed by atoms with Gasteiger partial charge in [0, 0.05) is 12.1 Å². The Labute approximate surface area is 201 Å². The molecule has 0 bridgehead atoms. The van der Waals surface area contributed by atoms with Gasteiger partial charge in [0.25, 0.3) is 5.91 Å². The lowest BCUT2D eigenvalue weighted by Crippen LogP contribution is -2.32. The van der Waals surface area contributed by atoms with Crippen LogP contribution in [0.25, 0.3) is 0 Å². The second-order valence-corrected chi connectivity index (χ2v) is 8.00. The van der Waals surface area contributed by atoms with Crippen molar-refractivity contribution in [2.24, 2.45) is 0 Å². The maximum absolute atomic E-state index is 12.6. The number of aliphatic hydroxyl groups is 1. The summed E-state index contributed by atoms with van der Waals surface area (Å²) in [6, 6.07) is 13.0. The van der Waals surface area contributed by atoms with Crippen molar-refractivity contribution in [3.8, 4) is 11.5 Å². The molecule has 0 spiro atoms. The minimum Gasteiger partial charge on any atom is -0.497 e. The van der Waals surface area contributed by atoms with E-state index in [1.54, 1.807) is 54.1 Å². The van der Waals surface area contributed by atoms with Crippen LogP contribution in [-0.2, 0) is 11.3 Å². The predicted molar refractivity (Wildman–Crippen MR) is 128 cm³/mol. The number of benzene rings is 2. The van der Waals surface area contributed by atoms with E-state index < -0.39 is 6.04 Å². The zero-order valence-electron chi connectivity index (χ0n) is 19.1. The molecule has 3 N–H and O–H groups in total. The summed E-state index contributed by atoms with van der Waals surface area (Å²) in [4.78, 5) is 25.1. The molecule has 10 nitrogen and oxygen atoms in total. The summed E-state index contributed by atoms with van der Waals surface area (Å²) in [6.07, 6.45) is 0. The molecular weight excluding hydrogens is 458 g/mol. The summed E-state index contributed by atoms with van der Waals surface area (Å²) in [7, 11) is 3.09.